The Morgan fingerprint density at radius 1 is 0.263 bits per heavy atom. The van der Waals surface area contributed by atoms with Gasteiger partial charge in [-0.2, -0.15) is 0 Å². The highest BCUT2D eigenvalue weighted by molar-refractivity contribution is 5.71. The Morgan fingerprint density at radius 2 is 0.474 bits per heavy atom. The molecule has 0 aliphatic carbocycles. The van der Waals surface area contributed by atoms with E-state index in [1.54, 1.807) is 0 Å². The Kier molecular flexibility index (Phi) is 63.1. The molecule has 0 aliphatic heterocycles. The van der Waals surface area contributed by atoms with Gasteiger partial charge in [0.05, 0.1) is 0 Å². The molecule has 0 bridgehead atoms. The lowest BCUT2D eigenvalue weighted by molar-refractivity contribution is -0.167. The van der Waals surface area contributed by atoms with Crippen molar-refractivity contribution in [1.29, 1.82) is 0 Å². The SMILES string of the molecule is CCCCCCC/C=C\C/C=C\CCCCCCCCCCCC(=O)OCC(COC(=O)CCCCCCCCC/C=C\CCCCCCCCC)OC(=O)CCCCCCCCCCCCCCCCCCCCC. The Morgan fingerprint density at radius 3 is 0.737 bits per heavy atom. The molecule has 0 amide bonds. The number of allylic oxidation sites excluding steroid dienone is 6. The second-order valence-corrected chi connectivity index (χ2v) is 23.1. The van der Waals surface area contributed by atoms with E-state index in [0.29, 0.717) is 19.3 Å². The van der Waals surface area contributed by atoms with E-state index in [9.17, 15) is 14.4 Å². The minimum Gasteiger partial charge on any atom is -0.462 e. The molecule has 0 aliphatic rings. The van der Waals surface area contributed by atoms with Gasteiger partial charge < -0.3 is 14.2 Å². The van der Waals surface area contributed by atoms with Crippen LogP contribution in [0.3, 0.4) is 0 Å². The Balaban J connectivity index is 4.33. The molecule has 0 saturated carbocycles. The molecule has 0 radical (unpaired) electrons. The number of esters is 3. The van der Waals surface area contributed by atoms with Crippen molar-refractivity contribution >= 4 is 17.9 Å². The first kappa shape index (κ1) is 73.6. The van der Waals surface area contributed by atoms with Crippen LogP contribution in [0, 0.1) is 0 Å². The van der Waals surface area contributed by atoms with Crippen molar-refractivity contribution < 1.29 is 28.6 Å². The molecule has 0 saturated heterocycles. The number of carbonyl (C=O) groups excluding carboxylic acids is 3. The number of carbonyl (C=O) groups is 3. The van der Waals surface area contributed by atoms with Gasteiger partial charge in [-0.05, 0) is 77.0 Å². The first-order valence-electron chi connectivity index (χ1n) is 34.0. The molecule has 0 N–H and O–H groups in total. The first-order chi connectivity index (χ1) is 37.5. The lowest BCUT2D eigenvalue weighted by Gasteiger charge is -2.18. The van der Waals surface area contributed by atoms with E-state index in [1.807, 2.05) is 0 Å². The molecule has 0 aromatic rings. The minimum atomic E-state index is -0.774. The van der Waals surface area contributed by atoms with E-state index < -0.39 is 6.10 Å². The lowest BCUT2D eigenvalue weighted by Crippen LogP contribution is -2.30. The van der Waals surface area contributed by atoms with Crippen molar-refractivity contribution in [3.05, 3.63) is 36.5 Å². The van der Waals surface area contributed by atoms with Crippen LogP contribution in [0.25, 0.3) is 0 Å². The fourth-order valence-electron chi connectivity index (χ4n) is 10.2. The Bertz CT molecular complexity index is 1270. The molecular formula is C70H130O6. The van der Waals surface area contributed by atoms with E-state index in [1.165, 1.54) is 270 Å². The number of unbranched alkanes of at least 4 members (excludes halogenated alkanes) is 46. The second kappa shape index (κ2) is 65.2. The molecular weight excluding hydrogens is 937 g/mol. The third kappa shape index (κ3) is 62.5. The van der Waals surface area contributed by atoms with E-state index in [-0.39, 0.29) is 31.1 Å². The Hall–Kier alpha value is -2.37. The largest absolute Gasteiger partial charge is 0.462 e. The number of rotatable bonds is 63. The molecule has 76 heavy (non-hydrogen) atoms. The summed E-state index contributed by atoms with van der Waals surface area (Å²) in [6.45, 7) is 6.69. The summed E-state index contributed by atoms with van der Waals surface area (Å²) in [5.74, 6) is -0.851. The van der Waals surface area contributed by atoms with Crippen molar-refractivity contribution in [2.24, 2.45) is 0 Å². The summed E-state index contributed by atoms with van der Waals surface area (Å²) in [6, 6.07) is 0. The van der Waals surface area contributed by atoms with Crippen molar-refractivity contribution in [2.45, 2.75) is 380 Å². The van der Waals surface area contributed by atoms with E-state index in [2.05, 4.69) is 57.2 Å². The van der Waals surface area contributed by atoms with Gasteiger partial charge in [-0.1, -0.05) is 314 Å². The van der Waals surface area contributed by atoms with E-state index in [0.717, 1.165) is 64.2 Å². The number of ether oxygens (including phenoxy) is 3. The average Bonchev–Trinajstić information content (AvgIpc) is 3.42. The average molecular weight is 1070 g/mol. The molecule has 1 atom stereocenters. The molecule has 1 unspecified atom stereocenters. The van der Waals surface area contributed by atoms with Gasteiger partial charge in [0.1, 0.15) is 13.2 Å². The summed E-state index contributed by atoms with van der Waals surface area (Å²) in [5.41, 5.74) is 0. The smallest absolute Gasteiger partial charge is 0.306 e. The molecule has 0 rings (SSSR count). The summed E-state index contributed by atoms with van der Waals surface area (Å²) in [4.78, 5) is 38.4. The summed E-state index contributed by atoms with van der Waals surface area (Å²) in [7, 11) is 0. The molecule has 0 fully saturated rings. The van der Waals surface area contributed by atoms with Crippen molar-refractivity contribution in [3.63, 3.8) is 0 Å². The Labute approximate surface area is 474 Å². The summed E-state index contributed by atoms with van der Waals surface area (Å²) in [5, 5.41) is 0. The zero-order chi connectivity index (χ0) is 55.0. The highest BCUT2D eigenvalue weighted by Gasteiger charge is 2.19. The fourth-order valence-corrected chi connectivity index (χ4v) is 10.2. The van der Waals surface area contributed by atoms with E-state index in [4.69, 9.17) is 14.2 Å². The molecule has 6 heteroatoms. The van der Waals surface area contributed by atoms with Crippen molar-refractivity contribution in [3.8, 4) is 0 Å². The van der Waals surface area contributed by atoms with Crippen molar-refractivity contribution in [1.82, 2.24) is 0 Å². The molecule has 0 spiro atoms. The molecule has 446 valence electrons. The quantitative estimate of drug-likeness (QED) is 0.0261. The standard InChI is InChI=1S/C70H130O6/c1-4-7-10-13-16-19-22-25-28-31-34-35-37-39-42-45-48-51-54-57-60-63-69(72)75-66-67(65-74-68(71)62-59-56-53-50-47-44-41-38-33-30-27-24-21-18-15-12-9-6-3)76-70(73)64-61-58-55-52-49-46-43-40-36-32-29-26-23-20-17-14-11-8-5-2/h22,25,30-31,33-34,67H,4-21,23-24,26-29,32,35-66H2,1-3H3/b25-22-,33-30-,34-31-. The normalized spacial score (nSPS) is 12.2. The van der Waals surface area contributed by atoms with Crippen molar-refractivity contribution in [2.75, 3.05) is 13.2 Å². The monoisotopic (exact) mass is 1070 g/mol. The first-order valence-corrected chi connectivity index (χ1v) is 34.0. The third-order valence-electron chi connectivity index (χ3n) is 15.4. The van der Waals surface area contributed by atoms with Crippen LogP contribution >= 0.6 is 0 Å². The summed E-state index contributed by atoms with van der Waals surface area (Å²) >= 11 is 0. The maximum atomic E-state index is 12.9. The highest BCUT2D eigenvalue weighted by atomic mass is 16.6. The fraction of sp³-hybridized carbons (Fsp3) is 0.871. The molecule has 0 aromatic carbocycles. The van der Waals surface area contributed by atoms with Gasteiger partial charge in [-0.15, -0.1) is 0 Å². The lowest BCUT2D eigenvalue weighted by atomic mass is 10.0. The zero-order valence-corrected chi connectivity index (χ0v) is 51.3. The van der Waals surface area contributed by atoms with Crippen LogP contribution in [-0.4, -0.2) is 37.2 Å². The van der Waals surface area contributed by atoms with Gasteiger partial charge >= 0.3 is 17.9 Å². The second-order valence-electron chi connectivity index (χ2n) is 23.1. The van der Waals surface area contributed by atoms with Gasteiger partial charge in [0.15, 0.2) is 6.10 Å². The summed E-state index contributed by atoms with van der Waals surface area (Å²) < 4.78 is 17.0. The molecule has 0 heterocycles. The van der Waals surface area contributed by atoms with Crippen LogP contribution in [0.15, 0.2) is 36.5 Å². The topological polar surface area (TPSA) is 78.9 Å². The highest BCUT2D eigenvalue weighted by Crippen LogP contribution is 2.18. The van der Waals surface area contributed by atoms with E-state index >= 15 is 0 Å². The van der Waals surface area contributed by atoms with Crippen LogP contribution < -0.4 is 0 Å². The van der Waals surface area contributed by atoms with Gasteiger partial charge in [0, 0.05) is 19.3 Å². The zero-order valence-electron chi connectivity index (χ0n) is 51.3. The summed E-state index contributed by atoms with van der Waals surface area (Å²) in [6.07, 6.45) is 80.1. The van der Waals surface area contributed by atoms with Crippen LogP contribution in [-0.2, 0) is 28.6 Å². The number of hydrogen-bond acceptors (Lipinski definition) is 6. The number of hydrogen-bond donors (Lipinski definition) is 0. The van der Waals surface area contributed by atoms with Crippen LogP contribution in [0.4, 0.5) is 0 Å². The van der Waals surface area contributed by atoms with Gasteiger partial charge in [0.25, 0.3) is 0 Å². The van der Waals surface area contributed by atoms with Crippen LogP contribution in [0.1, 0.15) is 374 Å². The molecule has 0 aromatic heterocycles. The maximum absolute atomic E-state index is 12.9. The predicted molar refractivity (Wildman–Crippen MR) is 330 cm³/mol. The molecule has 6 nitrogen and oxygen atoms in total. The van der Waals surface area contributed by atoms with Crippen LogP contribution in [0.2, 0.25) is 0 Å². The van der Waals surface area contributed by atoms with Gasteiger partial charge in [0.2, 0.25) is 0 Å². The third-order valence-corrected chi connectivity index (χ3v) is 15.4. The maximum Gasteiger partial charge on any atom is 0.306 e. The minimum absolute atomic E-state index is 0.0712. The van der Waals surface area contributed by atoms with Gasteiger partial charge in [-0.3, -0.25) is 14.4 Å². The van der Waals surface area contributed by atoms with Gasteiger partial charge in [-0.25, -0.2) is 0 Å². The predicted octanol–water partition coefficient (Wildman–Crippen LogP) is 23.2. The van der Waals surface area contributed by atoms with Crippen LogP contribution in [0.5, 0.6) is 0 Å².